The van der Waals surface area contributed by atoms with Crippen molar-refractivity contribution < 1.29 is 4.74 Å². The zero-order valence-corrected chi connectivity index (χ0v) is 10.1. The summed E-state index contributed by atoms with van der Waals surface area (Å²) in [6.45, 7) is 1.70. The van der Waals surface area contributed by atoms with Gasteiger partial charge < -0.3 is 4.74 Å². The lowest BCUT2D eigenvalue weighted by atomic mass is 10.1. The molecule has 1 fully saturated rings. The molecule has 0 saturated carbocycles. The molecule has 0 aliphatic carbocycles. The Balaban J connectivity index is 1.77. The maximum atomic E-state index is 8.77. The molecule has 3 rings (SSSR count). The topological polar surface area (TPSA) is 51.5 Å². The van der Waals surface area contributed by atoms with Crippen LogP contribution in [0.1, 0.15) is 11.1 Å². The first-order valence-electron chi connectivity index (χ1n) is 5.86. The number of nitriles is 1. The van der Waals surface area contributed by atoms with E-state index < -0.39 is 0 Å². The van der Waals surface area contributed by atoms with Crippen LogP contribution in [-0.2, 0) is 4.74 Å². The Morgan fingerprint density at radius 2 is 2.11 bits per heavy atom. The molecule has 1 atom stereocenters. The number of ether oxygens (including phenoxy) is 1. The summed E-state index contributed by atoms with van der Waals surface area (Å²) in [7, 11) is 1.74. The van der Waals surface area contributed by atoms with Gasteiger partial charge in [0, 0.05) is 18.9 Å². The van der Waals surface area contributed by atoms with Crippen LogP contribution < -0.4 is 5.43 Å². The van der Waals surface area contributed by atoms with Crippen LogP contribution in [0.2, 0.25) is 0 Å². The molecule has 0 aromatic heterocycles. The second-order valence-corrected chi connectivity index (χ2v) is 4.41. The van der Waals surface area contributed by atoms with E-state index in [1.54, 1.807) is 7.11 Å². The number of rotatable bonds is 2. The van der Waals surface area contributed by atoms with Crippen molar-refractivity contribution >= 4 is 5.70 Å². The zero-order chi connectivity index (χ0) is 12.5. The summed E-state index contributed by atoms with van der Waals surface area (Å²) in [6, 6.07) is 9.68. The number of fused-ring (bicyclic) bond motifs is 1. The Labute approximate surface area is 106 Å². The van der Waals surface area contributed by atoms with Gasteiger partial charge in [0.05, 0.1) is 36.5 Å². The number of hydrazine groups is 2. The van der Waals surface area contributed by atoms with Gasteiger partial charge in [-0.1, -0.05) is 12.1 Å². The molecule has 5 heteroatoms. The molecule has 1 aromatic carbocycles. The highest BCUT2D eigenvalue weighted by Crippen LogP contribution is 2.24. The van der Waals surface area contributed by atoms with E-state index in [1.165, 1.54) is 0 Å². The quantitative estimate of drug-likeness (QED) is 0.836. The minimum atomic E-state index is 0.247. The average Bonchev–Trinajstić information content (AvgIpc) is 2.96. The number of benzene rings is 1. The van der Waals surface area contributed by atoms with Crippen molar-refractivity contribution in [2.75, 3.05) is 20.2 Å². The molecule has 0 spiro atoms. The smallest absolute Gasteiger partial charge is 0.0991 e. The fourth-order valence-corrected chi connectivity index (χ4v) is 2.22. The molecule has 1 N–H and O–H groups in total. The maximum absolute atomic E-state index is 8.77. The number of hydrogen-bond donors (Lipinski definition) is 1. The summed E-state index contributed by atoms with van der Waals surface area (Å²) < 4.78 is 5.33. The van der Waals surface area contributed by atoms with Crippen LogP contribution in [-0.4, -0.2) is 36.4 Å². The predicted octanol–water partition coefficient (Wildman–Crippen LogP) is 0.922. The molecule has 0 radical (unpaired) electrons. The molecule has 1 saturated heterocycles. The summed E-state index contributed by atoms with van der Waals surface area (Å²) >= 11 is 0. The van der Waals surface area contributed by atoms with Gasteiger partial charge in [-0.15, -0.1) is 5.12 Å². The van der Waals surface area contributed by atoms with Crippen LogP contribution in [0.5, 0.6) is 0 Å². The van der Waals surface area contributed by atoms with Crippen LogP contribution in [0, 0.1) is 11.3 Å². The van der Waals surface area contributed by atoms with Crippen LogP contribution in [0.15, 0.2) is 30.5 Å². The minimum Gasteiger partial charge on any atom is -0.378 e. The molecular weight excluding hydrogens is 228 g/mol. The van der Waals surface area contributed by atoms with E-state index >= 15 is 0 Å². The van der Waals surface area contributed by atoms with Crippen molar-refractivity contribution in [3.8, 4) is 6.07 Å². The summed E-state index contributed by atoms with van der Waals surface area (Å²) in [4.78, 5) is 0. The molecule has 2 heterocycles. The van der Waals surface area contributed by atoms with Gasteiger partial charge in [0.1, 0.15) is 0 Å². The third-order valence-corrected chi connectivity index (χ3v) is 3.26. The van der Waals surface area contributed by atoms with Crippen molar-refractivity contribution in [3.05, 3.63) is 41.6 Å². The molecule has 2 aliphatic rings. The Kier molecular flexibility index (Phi) is 2.67. The van der Waals surface area contributed by atoms with E-state index in [9.17, 15) is 0 Å². The largest absolute Gasteiger partial charge is 0.378 e. The molecule has 1 unspecified atom stereocenters. The fourth-order valence-electron chi connectivity index (χ4n) is 2.22. The van der Waals surface area contributed by atoms with Crippen molar-refractivity contribution in [3.63, 3.8) is 0 Å². The number of nitrogens with one attached hydrogen (secondary N) is 1. The van der Waals surface area contributed by atoms with Gasteiger partial charge >= 0.3 is 0 Å². The Morgan fingerprint density at radius 1 is 1.33 bits per heavy atom. The molecule has 1 aromatic rings. The van der Waals surface area contributed by atoms with E-state index in [2.05, 4.69) is 22.7 Å². The summed E-state index contributed by atoms with van der Waals surface area (Å²) in [6.07, 6.45) is 2.32. The second-order valence-electron chi connectivity index (χ2n) is 4.41. The summed E-state index contributed by atoms with van der Waals surface area (Å²) in [5, 5.41) is 12.9. The van der Waals surface area contributed by atoms with Crippen LogP contribution >= 0.6 is 0 Å². The molecular formula is C13H14N4O. The molecule has 5 nitrogen and oxygen atoms in total. The minimum absolute atomic E-state index is 0.247. The van der Waals surface area contributed by atoms with E-state index in [0.29, 0.717) is 5.56 Å². The normalized spacial score (nSPS) is 22.3. The number of methoxy groups -OCH3 is 1. The first-order chi connectivity index (χ1) is 8.80. The van der Waals surface area contributed by atoms with Gasteiger partial charge in [0.25, 0.3) is 0 Å². The molecule has 0 amide bonds. The van der Waals surface area contributed by atoms with Crippen molar-refractivity contribution in [1.29, 1.82) is 5.26 Å². The molecule has 2 aliphatic heterocycles. The van der Waals surface area contributed by atoms with Crippen molar-refractivity contribution in [2.24, 2.45) is 0 Å². The summed E-state index contributed by atoms with van der Waals surface area (Å²) in [5.74, 6) is 0. The average molecular weight is 242 g/mol. The van der Waals surface area contributed by atoms with Gasteiger partial charge in [0.2, 0.25) is 0 Å². The molecule has 92 valence electrons. The highest BCUT2D eigenvalue weighted by Gasteiger charge is 2.33. The lowest BCUT2D eigenvalue weighted by Gasteiger charge is -2.18. The molecule has 18 heavy (non-hydrogen) atoms. The van der Waals surface area contributed by atoms with E-state index in [-0.39, 0.29) is 6.10 Å². The highest BCUT2D eigenvalue weighted by atomic mass is 16.5. The van der Waals surface area contributed by atoms with E-state index in [0.717, 1.165) is 24.4 Å². The Bertz CT molecular complexity index is 517. The number of nitrogens with zero attached hydrogens (tertiary/aromatic N) is 3. The van der Waals surface area contributed by atoms with Gasteiger partial charge in [-0.25, -0.2) is 0 Å². The van der Waals surface area contributed by atoms with E-state index in [1.807, 2.05) is 29.4 Å². The third kappa shape index (κ3) is 1.82. The first-order valence-corrected chi connectivity index (χ1v) is 5.86. The van der Waals surface area contributed by atoms with Crippen LogP contribution in [0.4, 0.5) is 0 Å². The second kappa shape index (κ2) is 4.33. The fraction of sp³-hybridized carbons (Fsp3) is 0.308. The summed E-state index contributed by atoms with van der Waals surface area (Å²) in [5.41, 5.74) is 6.14. The SMILES string of the molecule is COC1CN2C=C(c3ccc(C#N)cc3)NN2C1. The standard InChI is InChI=1S/C13H14N4O/c1-18-12-7-16-9-13(15-17(16)8-12)11-4-2-10(6-14)3-5-11/h2-5,9,12,15H,7-8H2,1H3. The van der Waals surface area contributed by atoms with E-state index in [4.69, 9.17) is 10.00 Å². The predicted molar refractivity (Wildman–Crippen MR) is 66.5 cm³/mol. The maximum Gasteiger partial charge on any atom is 0.0991 e. The van der Waals surface area contributed by atoms with Gasteiger partial charge in [-0.2, -0.15) is 5.26 Å². The van der Waals surface area contributed by atoms with Crippen LogP contribution in [0.3, 0.4) is 0 Å². The Hall–Kier alpha value is -2.03. The highest BCUT2D eigenvalue weighted by molar-refractivity contribution is 5.65. The number of hydrogen-bond acceptors (Lipinski definition) is 5. The molecule has 0 bridgehead atoms. The monoisotopic (exact) mass is 242 g/mol. The Morgan fingerprint density at radius 3 is 2.72 bits per heavy atom. The van der Waals surface area contributed by atoms with Crippen molar-refractivity contribution in [2.45, 2.75) is 6.10 Å². The van der Waals surface area contributed by atoms with Crippen molar-refractivity contribution in [1.82, 2.24) is 15.6 Å². The third-order valence-electron chi connectivity index (χ3n) is 3.26. The van der Waals surface area contributed by atoms with Gasteiger partial charge in [-0.3, -0.25) is 10.4 Å². The van der Waals surface area contributed by atoms with Gasteiger partial charge in [-0.05, 0) is 12.1 Å². The van der Waals surface area contributed by atoms with Crippen LogP contribution in [0.25, 0.3) is 5.70 Å². The zero-order valence-electron chi connectivity index (χ0n) is 10.1. The lowest BCUT2D eigenvalue weighted by Crippen LogP contribution is -2.36. The first kappa shape index (κ1) is 11.1. The van der Waals surface area contributed by atoms with Gasteiger partial charge in [0.15, 0.2) is 0 Å². The lowest BCUT2D eigenvalue weighted by molar-refractivity contribution is 0.0638.